The minimum absolute atomic E-state index is 0.287. The van der Waals surface area contributed by atoms with Gasteiger partial charge >= 0.3 is 5.97 Å². The van der Waals surface area contributed by atoms with E-state index < -0.39 is 5.97 Å². The van der Waals surface area contributed by atoms with Crippen molar-refractivity contribution in [2.75, 3.05) is 31.7 Å². The zero-order valence-electron chi connectivity index (χ0n) is 14.4. The number of carbonyl (C=O) groups excluding carboxylic acids is 1. The Bertz CT molecular complexity index is 795. The predicted octanol–water partition coefficient (Wildman–Crippen LogP) is 1.36. The van der Waals surface area contributed by atoms with Gasteiger partial charge in [0, 0.05) is 18.8 Å². The molecule has 2 aromatic rings. The quantitative estimate of drug-likeness (QED) is 0.823. The molecule has 2 aliphatic rings. The number of carbonyl (C=O) groups is 1. The topological polar surface area (TPSA) is 93.2 Å². The van der Waals surface area contributed by atoms with Gasteiger partial charge in [-0.2, -0.15) is 5.10 Å². The van der Waals surface area contributed by atoms with Gasteiger partial charge in [-0.25, -0.2) is 14.8 Å². The number of hydrogen-bond donors (Lipinski definition) is 1. The molecule has 0 atom stereocenters. The molecule has 25 heavy (non-hydrogen) atoms. The summed E-state index contributed by atoms with van der Waals surface area (Å²) in [6.07, 6.45) is 4.46. The maximum Gasteiger partial charge on any atom is 0.356 e. The smallest absolute Gasteiger partial charge is 0.356 e. The molecule has 0 amide bonds. The minimum Gasteiger partial charge on any atom is -0.464 e. The maximum atomic E-state index is 11.8. The average molecular weight is 343 g/mol. The number of methoxy groups -OCH3 is 1. The van der Waals surface area contributed by atoms with Crippen molar-refractivity contribution < 1.29 is 14.3 Å². The Balaban J connectivity index is 1.55. The molecular weight excluding hydrogens is 322 g/mol. The Hall–Kier alpha value is -2.48. The summed E-state index contributed by atoms with van der Waals surface area (Å²) in [6, 6.07) is 1.64. The fourth-order valence-corrected chi connectivity index (χ4v) is 3.69. The van der Waals surface area contributed by atoms with Gasteiger partial charge in [0.2, 0.25) is 5.95 Å². The normalized spacial score (nSPS) is 18.9. The van der Waals surface area contributed by atoms with E-state index in [0.29, 0.717) is 5.95 Å². The third kappa shape index (κ3) is 2.76. The monoisotopic (exact) mass is 343 g/mol. The van der Waals surface area contributed by atoms with E-state index in [9.17, 15) is 4.79 Å². The molecule has 1 saturated heterocycles. The van der Waals surface area contributed by atoms with Gasteiger partial charge in [-0.15, -0.1) is 0 Å². The van der Waals surface area contributed by atoms with Crippen LogP contribution < -0.4 is 4.90 Å². The summed E-state index contributed by atoms with van der Waals surface area (Å²) in [5.41, 5.74) is 3.10. The van der Waals surface area contributed by atoms with Crippen LogP contribution in [0.25, 0.3) is 0 Å². The van der Waals surface area contributed by atoms with Crippen LogP contribution in [-0.2, 0) is 21.5 Å². The summed E-state index contributed by atoms with van der Waals surface area (Å²) < 4.78 is 10.9. The highest BCUT2D eigenvalue weighted by Crippen LogP contribution is 2.40. The van der Waals surface area contributed by atoms with Crippen LogP contribution >= 0.6 is 0 Å². The minimum atomic E-state index is -0.446. The van der Waals surface area contributed by atoms with Gasteiger partial charge in [0.15, 0.2) is 5.69 Å². The first kappa shape index (κ1) is 16.0. The number of rotatable bonds is 2. The van der Waals surface area contributed by atoms with Crippen LogP contribution in [0.3, 0.4) is 0 Å². The first-order valence-electron chi connectivity index (χ1n) is 8.47. The number of anilines is 1. The van der Waals surface area contributed by atoms with Gasteiger partial charge in [-0.05, 0) is 37.8 Å². The molecule has 2 aliphatic heterocycles. The summed E-state index contributed by atoms with van der Waals surface area (Å²) in [5.74, 6) is 0.119. The van der Waals surface area contributed by atoms with E-state index in [-0.39, 0.29) is 11.3 Å². The van der Waals surface area contributed by atoms with Crippen LogP contribution in [0.2, 0.25) is 0 Å². The number of ether oxygens (including phenoxy) is 2. The second-order valence-corrected chi connectivity index (χ2v) is 6.54. The Morgan fingerprint density at radius 2 is 2.16 bits per heavy atom. The molecule has 1 spiro atoms. The summed E-state index contributed by atoms with van der Waals surface area (Å²) in [4.78, 5) is 22.7. The van der Waals surface area contributed by atoms with Crippen LogP contribution in [0.4, 0.5) is 5.95 Å². The molecule has 1 N–H and O–H groups in total. The zero-order valence-corrected chi connectivity index (χ0v) is 14.4. The van der Waals surface area contributed by atoms with E-state index in [1.54, 1.807) is 6.07 Å². The molecule has 132 valence electrons. The molecule has 8 heteroatoms. The van der Waals surface area contributed by atoms with Crippen LogP contribution in [0.15, 0.2) is 12.3 Å². The third-order valence-corrected chi connectivity index (χ3v) is 5.01. The van der Waals surface area contributed by atoms with Gasteiger partial charge in [0.1, 0.15) is 5.60 Å². The Labute approximate surface area is 145 Å². The highest BCUT2D eigenvalue weighted by atomic mass is 16.5. The molecule has 8 nitrogen and oxygen atoms in total. The Morgan fingerprint density at radius 1 is 1.36 bits per heavy atom. The van der Waals surface area contributed by atoms with Crippen molar-refractivity contribution in [3.05, 3.63) is 34.9 Å². The fourth-order valence-electron chi connectivity index (χ4n) is 3.69. The van der Waals surface area contributed by atoms with Crippen molar-refractivity contribution in [2.24, 2.45) is 0 Å². The van der Waals surface area contributed by atoms with Crippen molar-refractivity contribution in [3.63, 3.8) is 0 Å². The largest absolute Gasteiger partial charge is 0.464 e. The highest BCUT2D eigenvalue weighted by molar-refractivity contribution is 5.87. The van der Waals surface area contributed by atoms with E-state index >= 15 is 0 Å². The van der Waals surface area contributed by atoms with E-state index in [2.05, 4.69) is 25.1 Å². The number of piperidine rings is 1. The van der Waals surface area contributed by atoms with E-state index in [0.717, 1.165) is 50.3 Å². The average Bonchev–Trinajstić information content (AvgIpc) is 3.12. The molecule has 2 aromatic heterocycles. The lowest BCUT2D eigenvalue weighted by Gasteiger charge is -2.43. The molecule has 0 radical (unpaired) electrons. The van der Waals surface area contributed by atoms with Crippen LogP contribution in [0.1, 0.15) is 40.3 Å². The third-order valence-electron chi connectivity index (χ3n) is 5.01. The maximum absolute atomic E-state index is 11.8. The van der Waals surface area contributed by atoms with E-state index in [4.69, 9.17) is 9.47 Å². The number of H-pyrrole nitrogens is 1. The van der Waals surface area contributed by atoms with Gasteiger partial charge in [0.05, 0.1) is 25.6 Å². The zero-order chi connectivity index (χ0) is 17.4. The molecule has 0 saturated carbocycles. The molecule has 4 heterocycles. The van der Waals surface area contributed by atoms with Gasteiger partial charge in [0.25, 0.3) is 0 Å². The highest BCUT2D eigenvalue weighted by Gasteiger charge is 2.42. The lowest BCUT2D eigenvalue weighted by Crippen LogP contribution is -2.47. The number of nitrogens with one attached hydrogen (secondary N) is 1. The van der Waals surface area contributed by atoms with Crippen LogP contribution in [-0.4, -0.2) is 52.9 Å². The van der Waals surface area contributed by atoms with E-state index in [1.165, 1.54) is 12.7 Å². The second kappa shape index (κ2) is 6.11. The van der Waals surface area contributed by atoms with Gasteiger partial charge in [-0.1, -0.05) is 0 Å². The predicted molar refractivity (Wildman–Crippen MR) is 89.5 cm³/mol. The first-order chi connectivity index (χ1) is 12.1. The summed E-state index contributed by atoms with van der Waals surface area (Å²) >= 11 is 0. The molecule has 0 bridgehead atoms. The summed E-state index contributed by atoms with van der Waals surface area (Å²) in [5, 5.41) is 7.32. The Morgan fingerprint density at radius 3 is 2.92 bits per heavy atom. The number of fused-ring (bicyclic) bond motifs is 2. The molecule has 0 unspecified atom stereocenters. The number of aromatic nitrogens is 4. The molecular formula is C17H21N5O3. The molecule has 0 aliphatic carbocycles. The summed E-state index contributed by atoms with van der Waals surface area (Å²) in [7, 11) is 1.35. The lowest BCUT2D eigenvalue weighted by atomic mass is 9.84. The Kier molecular flexibility index (Phi) is 3.91. The van der Waals surface area contributed by atoms with Gasteiger partial charge in [-0.3, -0.25) is 5.10 Å². The SMILES string of the molecule is COC(=O)c1cc(C)nc(N2CCC3(CC2)OCCc2cn[nH]c23)n1. The lowest BCUT2D eigenvalue weighted by molar-refractivity contribution is -0.0797. The number of esters is 1. The van der Waals surface area contributed by atoms with Crippen molar-refractivity contribution in [2.45, 2.75) is 31.8 Å². The van der Waals surface area contributed by atoms with E-state index in [1.807, 2.05) is 13.1 Å². The number of aryl methyl sites for hydroxylation is 1. The molecule has 1 fully saturated rings. The van der Waals surface area contributed by atoms with Crippen LogP contribution in [0.5, 0.6) is 0 Å². The van der Waals surface area contributed by atoms with Gasteiger partial charge < -0.3 is 14.4 Å². The van der Waals surface area contributed by atoms with Crippen molar-refractivity contribution in [3.8, 4) is 0 Å². The first-order valence-corrected chi connectivity index (χ1v) is 8.47. The second-order valence-electron chi connectivity index (χ2n) is 6.54. The number of hydrogen-bond acceptors (Lipinski definition) is 7. The van der Waals surface area contributed by atoms with Crippen molar-refractivity contribution in [1.29, 1.82) is 0 Å². The molecule has 0 aromatic carbocycles. The number of nitrogens with zero attached hydrogens (tertiary/aromatic N) is 4. The van der Waals surface area contributed by atoms with Crippen molar-refractivity contribution in [1.82, 2.24) is 20.2 Å². The number of aromatic amines is 1. The van der Waals surface area contributed by atoms with Crippen molar-refractivity contribution >= 4 is 11.9 Å². The fraction of sp³-hybridized carbons (Fsp3) is 0.529. The summed E-state index contributed by atoms with van der Waals surface area (Å²) in [6.45, 7) is 4.08. The standard InChI is InChI=1S/C17H21N5O3/c1-11-9-13(15(23)24-2)20-16(19-11)22-6-4-17(5-7-22)14-12(3-8-25-17)10-18-21-14/h9-10H,3-8H2,1-2H3,(H,18,21). The van der Waals surface area contributed by atoms with Crippen LogP contribution in [0, 0.1) is 6.92 Å². The molecule has 4 rings (SSSR count).